The van der Waals surface area contributed by atoms with E-state index in [1.807, 2.05) is 0 Å². The monoisotopic (exact) mass is 309 g/mol. The van der Waals surface area contributed by atoms with Crippen molar-refractivity contribution in [3.05, 3.63) is 39.9 Å². The highest BCUT2D eigenvalue weighted by atomic mass is 35.5. The molecule has 1 heterocycles. The first-order valence-corrected chi connectivity index (χ1v) is 7.59. The number of halogens is 1. The number of ketones is 1. The van der Waals surface area contributed by atoms with Crippen LogP contribution in [0.3, 0.4) is 0 Å². The van der Waals surface area contributed by atoms with Crippen LogP contribution in [-0.4, -0.2) is 22.5 Å². The van der Waals surface area contributed by atoms with Crippen LogP contribution in [0.25, 0.3) is 0 Å². The summed E-state index contributed by atoms with van der Waals surface area (Å²) < 4.78 is 0. The van der Waals surface area contributed by atoms with Crippen LogP contribution in [0.15, 0.2) is 24.3 Å². The minimum atomic E-state index is 0.00211. The molecule has 0 radical (unpaired) electrons. The Hall–Kier alpha value is -1.46. The molecule has 106 valence electrons. The zero-order valence-corrected chi connectivity index (χ0v) is 13.0. The van der Waals surface area contributed by atoms with Gasteiger partial charge in [0.05, 0.1) is 6.54 Å². The van der Waals surface area contributed by atoms with Gasteiger partial charge >= 0.3 is 0 Å². The van der Waals surface area contributed by atoms with Crippen molar-refractivity contribution in [2.45, 2.75) is 20.3 Å². The van der Waals surface area contributed by atoms with Gasteiger partial charge in [-0.3, -0.25) is 4.79 Å². The predicted octanol–water partition coefficient (Wildman–Crippen LogP) is 3.68. The highest BCUT2D eigenvalue weighted by Crippen LogP contribution is 2.18. The number of carbonyl (C=O) groups excluding carboxylic acids is 1. The Morgan fingerprint density at radius 3 is 2.65 bits per heavy atom. The molecule has 0 aliphatic heterocycles. The number of nitrogens with zero attached hydrogens (tertiary/aromatic N) is 2. The molecule has 0 saturated heterocycles. The standard InChI is InChI=1S/C14H16ClN3OS/c1-9(2)7-13-17-18-14(20-13)16-8-12(19)10-3-5-11(15)6-4-10/h3-6,9H,7-8H2,1-2H3,(H,16,18). The van der Waals surface area contributed by atoms with Gasteiger partial charge < -0.3 is 5.32 Å². The topological polar surface area (TPSA) is 54.9 Å². The molecular formula is C14H16ClN3OS. The number of aromatic nitrogens is 2. The SMILES string of the molecule is CC(C)Cc1nnc(NCC(=O)c2ccc(Cl)cc2)s1. The minimum absolute atomic E-state index is 0.00211. The van der Waals surface area contributed by atoms with E-state index in [1.165, 1.54) is 11.3 Å². The van der Waals surface area contributed by atoms with Gasteiger partial charge in [-0.15, -0.1) is 10.2 Å². The Labute approximate surface area is 127 Å². The maximum absolute atomic E-state index is 12.0. The molecule has 6 heteroatoms. The van der Waals surface area contributed by atoms with Gasteiger partial charge in [-0.1, -0.05) is 36.8 Å². The number of hydrogen-bond acceptors (Lipinski definition) is 5. The summed E-state index contributed by atoms with van der Waals surface area (Å²) in [6.45, 7) is 4.48. The van der Waals surface area contributed by atoms with E-state index < -0.39 is 0 Å². The molecule has 0 saturated carbocycles. The molecule has 0 aliphatic carbocycles. The average molecular weight is 310 g/mol. The lowest BCUT2D eigenvalue weighted by Gasteiger charge is -2.02. The second kappa shape index (κ2) is 6.81. The third-order valence-electron chi connectivity index (χ3n) is 2.62. The highest BCUT2D eigenvalue weighted by Gasteiger charge is 2.09. The third kappa shape index (κ3) is 4.28. The van der Waals surface area contributed by atoms with Crippen molar-refractivity contribution in [3.63, 3.8) is 0 Å². The smallest absolute Gasteiger partial charge is 0.206 e. The van der Waals surface area contributed by atoms with E-state index in [2.05, 4.69) is 29.4 Å². The van der Waals surface area contributed by atoms with E-state index in [0.717, 1.165) is 11.4 Å². The number of Topliss-reactive ketones (excluding diaryl/α,β-unsaturated/α-hetero) is 1. The fourth-order valence-corrected chi connectivity index (χ4v) is 2.72. The zero-order chi connectivity index (χ0) is 14.5. The molecule has 1 aromatic carbocycles. The molecule has 0 spiro atoms. The summed E-state index contributed by atoms with van der Waals surface area (Å²) in [6, 6.07) is 6.86. The van der Waals surface area contributed by atoms with Crippen molar-refractivity contribution in [2.24, 2.45) is 5.92 Å². The molecule has 20 heavy (non-hydrogen) atoms. The maximum atomic E-state index is 12.0. The van der Waals surface area contributed by atoms with Crippen LogP contribution in [0.5, 0.6) is 0 Å². The van der Waals surface area contributed by atoms with Gasteiger partial charge in [0.15, 0.2) is 5.78 Å². The van der Waals surface area contributed by atoms with Crippen LogP contribution in [-0.2, 0) is 6.42 Å². The third-order valence-corrected chi connectivity index (χ3v) is 3.77. The van der Waals surface area contributed by atoms with Crippen molar-refractivity contribution in [1.29, 1.82) is 0 Å². The molecule has 2 aromatic rings. The van der Waals surface area contributed by atoms with Crippen LogP contribution in [0.2, 0.25) is 5.02 Å². The molecule has 0 unspecified atom stereocenters. The molecular weight excluding hydrogens is 294 g/mol. The molecule has 1 aromatic heterocycles. The summed E-state index contributed by atoms with van der Waals surface area (Å²) in [4.78, 5) is 12.0. The largest absolute Gasteiger partial charge is 0.353 e. The van der Waals surface area contributed by atoms with Crippen molar-refractivity contribution in [3.8, 4) is 0 Å². The molecule has 2 rings (SSSR count). The number of nitrogens with one attached hydrogen (secondary N) is 1. The molecule has 0 bridgehead atoms. The Bertz CT molecular complexity index is 580. The predicted molar refractivity (Wildman–Crippen MR) is 82.7 cm³/mol. The first-order valence-electron chi connectivity index (χ1n) is 6.39. The fraction of sp³-hybridized carbons (Fsp3) is 0.357. The summed E-state index contributed by atoms with van der Waals surface area (Å²) in [6.07, 6.45) is 0.907. The van der Waals surface area contributed by atoms with Gasteiger partial charge in [0.25, 0.3) is 0 Å². The summed E-state index contributed by atoms with van der Waals surface area (Å²) in [5, 5.41) is 13.4. The Balaban J connectivity index is 1.90. The van der Waals surface area contributed by atoms with Gasteiger partial charge in [-0.2, -0.15) is 0 Å². The lowest BCUT2D eigenvalue weighted by Crippen LogP contribution is -2.13. The van der Waals surface area contributed by atoms with Crippen molar-refractivity contribution >= 4 is 33.9 Å². The van der Waals surface area contributed by atoms with Gasteiger partial charge in [0.1, 0.15) is 5.01 Å². The van der Waals surface area contributed by atoms with Crippen molar-refractivity contribution in [2.75, 3.05) is 11.9 Å². The van der Waals surface area contributed by atoms with E-state index in [0.29, 0.717) is 21.6 Å². The number of benzene rings is 1. The van der Waals surface area contributed by atoms with Crippen LogP contribution in [0.1, 0.15) is 29.2 Å². The zero-order valence-electron chi connectivity index (χ0n) is 11.4. The van der Waals surface area contributed by atoms with Gasteiger partial charge in [-0.25, -0.2) is 0 Å². The number of hydrogen-bond donors (Lipinski definition) is 1. The van der Waals surface area contributed by atoms with E-state index in [4.69, 9.17) is 11.6 Å². The molecule has 0 aliphatic rings. The lowest BCUT2D eigenvalue weighted by atomic mass is 10.1. The highest BCUT2D eigenvalue weighted by molar-refractivity contribution is 7.15. The number of carbonyl (C=O) groups is 1. The van der Waals surface area contributed by atoms with Crippen molar-refractivity contribution < 1.29 is 4.79 Å². The average Bonchev–Trinajstić information content (AvgIpc) is 2.83. The Morgan fingerprint density at radius 2 is 2.00 bits per heavy atom. The normalized spacial score (nSPS) is 10.8. The number of rotatable bonds is 6. The summed E-state index contributed by atoms with van der Waals surface area (Å²) >= 11 is 7.28. The number of anilines is 1. The summed E-state index contributed by atoms with van der Waals surface area (Å²) in [5.41, 5.74) is 0.633. The quantitative estimate of drug-likeness (QED) is 0.827. The lowest BCUT2D eigenvalue weighted by molar-refractivity contribution is 0.101. The van der Waals surface area contributed by atoms with E-state index in [9.17, 15) is 4.79 Å². The summed E-state index contributed by atoms with van der Waals surface area (Å²) in [7, 11) is 0. The van der Waals surface area contributed by atoms with Crippen LogP contribution < -0.4 is 5.32 Å². The first kappa shape index (κ1) is 14.9. The maximum Gasteiger partial charge on any atom is 0.206 e. The van der Waals surface area contributed by atoms with Gasteiger partial charge in [0, 0.05) is 17.0 Å². The van der Waals surface area contributed by atoms with Crippen molar-refractivity contribution in [1.82, 2.24) is 10.2 Å². The fourth-order valence-electron chi connectivity index (χ4n) is 1.65. The Morgan fingerprint density at radius 1 is 1.30 bits per heavy atom. The molecule has 0 atom stereocenters. The Kier molecular flexibility index (Phi) is 5.09. The minimum Gasteiger partial charge on any atom is -0.353 e. The van der Waals surface area contributed by atoms with Gasteiger partial charge in [-0.05, 0) is 30.2 Å². The van der Waals surface area contributed by atoms with E-state index >= 15 is 0 Å². The molecule has 1 N–H and O–H groups in total. The first-order chi connectivity index (χ1) is 9.54. The van der Waals surface area contributed by atoms with E-state index in [1.54, 1.807) is 24.3 Å². The molecule has 0 fully saturated rings. The van der Waals surface area contributed by atoms with Gasteiger partial charge in [0.2, 0.25) is 5.13 Å². The van der Waals surface area contributed by atoms with E-state index in [-0.39, 0.29) is 12.3 Å². The van der Waals surface area contributed by atoms with Crippen LogP contribution in [0.4, 0.5) is 5.13 Å². The second-order valence-electron chi connectivity index (χ2n) is 4.88. The second-order valence-corrected chi connectivity index (χ2v) is 6.38. The molecule has 0 amide bonds. The van der Waals surface area contributed by atoms with Crippen LogP contribution >= 0.6 is 22.9 Å². The summed E-state index contributed by atoms with van der Waals surface area (Å²) in [5.74, 6) is 0.550. The molecule has 4 nitrogen and oxygen atoms in total. The van der Waals surface area contributed by atoms with Crippen LogP contribution in [0, 0.1) is 5.92 Å².